The van der Waals surface area contributed by atoms with Crippen molar-refractivity contribution in [3.8, 4) is 0 Å². The van der Waals surface area contributed by atoms with E-state index in [1.165, 1.54) is 0 Å². The van der Waals surface area contributed by atoms with Crippen LogP contribution in [0.25, 0.3) is 0 Å². The molecule has 4 heteroatoms. The first-order valence-corrected chi connectivity index (χ1v) is 5.64. The lowest BCUT2D eigenvalue weighted by Crippen LogP contribution is -2.26. The molecule has 92 valence electrons. The van der Waals surface area contributed by atoms with Crippen LogP contribution in [0.15, 0.2) is 24.3 Å². The van der Waals surface area contributed by atoms with Gasteiger partial charge in [0.15, 0.2) is 0 Å². The first-order chi connectivity index (χ1) is 8.09. The summed E-state index contributed by atoms with van der Waals surface area (Å²) in [6.07, 6.45) is 0.554. The second-order valence-electron chi connectivity index (χ2n) is 4.47. The van der Waals surface area contributed by atoms with E-state index in [2.05, 4.69) is 0 Å². The van der Waals surface area contributed by atoms with E-state index in [4.69, 9.17) is 9.84 Å². The molecular formula is C13H15FO3. The molecule has 1 aliphatic rings. The van der Waals surface area contributed by atoms with Crippen LogP contribution >= 0.6 is 0 Å². The van der Waals surface area contributed by atoms with Gasteiger partial charge in [0.1, 0.15) is 5.67 Å². The lowest BCUT2D eigenvalue weighted by molar-refractivity contribution is -0.136. The van der Waals surface area contributed by atoms with E-state index in [-0.39, 0.29) is 19.4 Å². The second kappa shape index (κ2) is 4.84. The molecule has 17 heavy (non-hydrogen) atoms. The predicted molar refractivity (Wildman–Crippen MR) is 60.8 cm³/mol. The van der Waals surface area contributed by atoms with Crippen molar-refractivity contribution in [1.29, 1.82) is 0 Å². The lowest BCUT2D eigenvalue weighted by Gasteiger charge is -2.18. The molecular weight excluding hydrogens is 223 g/mol. The summed E-state index contributed by atoms with van der Waals surface area (Å²) in [4.78, 5) is 10.7. The summed E-state index contributed by atoms with van der Waals surface area (Å²) in [6, 6.07) is 7.11. The molecule has 0 saturated carbocycles. The Balaban J connectivity index is 2.17. The monoisotopic (exact) mass is 238 g/mol. The van der Waals surface area contributed by atoms with Crippen LogP contribution in [-0.4, -0.2) is 30.0 Å². The Morgan fingerprint density at radius 3 is 2.71 bits per heavy atom. The molecule has 2 rings (SSSR count). The Hall–Kier alpha value is -1.42. The molecule has 1 unspecified atom stereocenters. The molecule has 1 heterocycles. The molecule has 1 aromatic rings. The van der Waals surface area contributed by atoms with Gasteiger partial charge in [-0.1, -0.05) is 24.3 Å². The van der Waals surface area contributed by atoms with E-state index in [1.54, 1.807) is 24.3 Å². The summed E-state index contributed by atoms with van der Waals surface area (Å²) >= 11 is 0. The van der Waals surface area contributed by atoms with Gasteiger partial charge in [0.2, 0.25) is 0 Å². The SMILES string of the molecule is O=C(O)Cc1ccccc1CC1(F)CCOC1. The fraction of sp³-hybridized carbons (Fsp3) is 0.462. The third-order valence-electron chi connectivity index (χ3n) is 3.02. The Kier molecular flexibility index (Phi) is 3.43. The quantitative estimate of drug-likeness (QED) is 0.872. The topological polar surface area (TPSA) is 46.5 Å². The van der Waals surface area contributed by atoms with Gasteiger partial charge in [-0.2, -0.15) is 0 Å². The third-order valence-corrected chi connectivity index (χ3v) is 3.02. The molecule has 1 saturated heterocycles. The zero-order valence-corrected chi connectivity index (χ0v) is 9.49. The van der Waals surface area contributed by atoms with E-state index >= 15 is 0 Å². The van der Waals surface area contributed by atoms with Crippen LogP contribution in [0.5, 0.6) is 0 Å². The maximum atomic E-state index is 14.2. The van der Waals surface area contributed by atoms with Crippen LogP contribution in [0.2, 0.25) is 0 Å². The van der Waals surface area contributed by atoms with Gasteiger partial charge in [-0.05, 0) is 11.1 Å². The van der Waals surface area contributed by atoms with Crippen LogP contribution in [0.3, 0.4) is 0 Å². The van der Waals surface area contributed by atoms with Gasteiger partial charge in [-0.3, -0.25) is 4.79 Å². The van der Waals surface area contributed by atoms with Gasteiger partial charge in [0, 0.05) is 19.4 Å². The van der Waals surface area contributed by atoms with E-state index in [0.717, 1.165) is 5.56 Å². The number of carbonyl (C=O) groups is 1. The van der Waals surface area contributed by atoms with Crippen LogP contribution in [0.4, 0.5) is 4.39 Å². The molecule has 1 fully saturated rings. The molecule has 0 aliphatic carbocycles. The smallest absolute Gasteiger partial charge is 0.307 e. The number of halogens is 1. The van der Waals surface area contributed by atoms with Crippen molar-refractivity contribution in [3.05, 3.63) is 35.4 Å². The summed E-state index contributed by atoms with van der Waals surface area (Å²) in [5.74, 6) is -0.895. The van der Waals surface area contributed by atoms with Gasteiger partial charge in [-0.25, -0.2) is 4.39 Å². The highest BCUT2D eigenvalue weighted by Crippen LogP contribution is 2.29. The average Bonchev–Trinajstić information content (AvgIpc) is 2.67. The summed E-state index contributed by atoms with van der Waals surface area (Å²) in [7, 11) is 0. The molecule has 1 N–H and O–H groups in total. The second-order valence-corrected chi connectivity index (χ2v) is 4.47. The number of benzene rings is 1. The average molecular weight is 238 g/mol. The highest BCUT2D eigenvalue weighted by molar-refractivity contribution is 5.70. The number of carboxylic acid groups (broad SMARTS) is 1. The summed E-state index contributed by atoms with van der Waals surface area (Å²) < 4.78 is 19.3. The highest BCUT2D eigenvalue weighted by atomic mass is 19.1. The Morgan fingerprint density at radius 1 is 1.41 bits per heavy atom. The minimum absolute atomic E-state index is 0.0624. The summed E-state index contributed by atoms with van der Waals surface area (Å²) in [5.41, 5.74) is 0.112. The Labute approximate surface area is 99.2 Å². The van der Waals surface area contributed by atoms with Crippen LogP contribution in [0, 0.1) is 0 Å². The number of hydrogen-bond donors (Lipinski definition) is 1. The van der Waals surface area contributed by atoms with Crippen molar-refractivity contribution in [2.24, 2.45) is 0 Å². The van der Waals surface area contributed by atoms with Crippen molar-refractivity contribution in [2.75, 3.05) is 13.2 Å². The number of rotatable bonds is 4. The fourth-order valence-electron chi connectivity index (χ4n) is 2.13. The highest BCUT2D eigenvalue weighted by Gasteiger charge is 2.35. The Bertz CT molecular complexity index is 411. The number of aliphatic carboxylic acids is 1. The molecule has 1 atom stereocenters. The number of ether oxygens (including phenoxy) is 1. The normalized spacial score (nSPS) is 23.8. The largest absolute Gasteiger partial charge is 0.481 e. The first-order valence-electron chi connectivity index (χ1n) is 5.64. The van der Waals surface area contributed by atoms with Gasteiger partial charge >= 0.3 is 5.97 Å². The van der Waals surface area contributed by atoms with Crippen molar-refractivity contribution in [1.82, 2.24) is 0 Å². The van der Waals surface area contributed by atoms with E-state index in [1.807, 2.05) is 0 Å². The number of carboxylic acids is 1. The van der Waals surface area contributed by atoms with E-state index < -0.39 is 11.6 Å². The fourth-order valence-corrected chi connectivity index (χ4v) is 2.13. The van der Waals surface area contributed by atoms with Gasteiger partial charge in [-0.15, -0.1) is 0 Å². The minimum Gasteiger partial charge on any atom is -0.481 e. The molecule has 0 radical (unpaired) electrons. The molecule has 0 amide bonds. The molecule has 3 nitrogen and oxygen atoms in total. The zero-order valence-electron chi connectivity index (χ0n) is 9.49. The predicted octanol–water partition coefficient (Wildman–Crippen LogP) is 1.98. The van der Waals surface area contributed by atoms with Crippen LogP contribution < -0.4 is 0 Å². The van der Waals surface area contributed by atoms with Gasteiger partial charge in [0.05, 0.1) is 13.0 Å². The molecule has 0 spiro atoms. The maximum absolute atomic E-state index is 14.2. The summed E-state index contributed by atoms with van der Waals surface area (Å²) in [5, 5.41) is 8.80. The Morgan fingerprint density at radius 2 is 2.12 bits per heavy atom. The van der Waals surface area contributed by atoms with E-state index in [9.17, 15) is 9.18 Å². The standard InChI is InChI=1S/C13H15FO3/c14-13(5-6-17-9-13)8-11-4-2-1-3-10(11)7-12(15)16/h1-4H,5-9H2,(H,15,16). The minimum atomic E-state index is -1.34. The first kappa shape index (κ1) is 12.0. The maximum Gasteiger partial charge on any atom is 0.307 e. The zero-order chi connectivity index (χ0) is 12.3. The van der Waals surface area contributed by atoms with Crippen molar-refractivity contribution in [3.63, 3.8) is 0 Å². The lowest BCUT2D eigenvalue weighted by atomic mass is 9.91. The summed E-state index contributed by atoms with van der Waals surface area (Å²) in [6.45, 7) is 0.548. The number of hydrogen-bond acceptors (Lipinski definition) is 2. The van der Waals surface area contributed by atoms with E-state index in [0.29, 0.717) is 18.6 Å². The van der Waals surface area contributed by atoms with Crippen molar-refractivity contribution >= 4 is 5.97 Å². The van der Waals surface area contributed by atoms with Crippen molar-refractivity contribution in [2.45, 2.75) is 24.9 Å². The molecule has 1 aromatic carbocycles. The number of alkyl halides is 1. The molecule has 0 aromatic heterocycles. The molecule has 1 aliphatic heterocycles. The van der Waals surface area contributed by atoms with Crippen molar-refractivity contribution < 1.29 is 19.0 Å². The third kappa shape index (κ3) is 3.03. The van der Waals surface area contributed by atoms with Crippen LogP contribution in [0.1, 0.15) is 17.5 Å². The van der Waals surface area contributed by atoms with Gasteiger partial charge in [0.25, 0.3) is 0 Å². The molecule has 0 bridgehead atoms. The van der Waals surface area contributed by atoms with Gasteiger partial charge < -0.3 is 9.84 Å². The van der Waals surface area contributed by atoms with Crippen LogP contribution in [-0.2, 0) is 22.4 Å².